The van der Waals surface area contributed by atoms with Crippen molar-refractivity contribution in [2.45, 2.75) is 0 Å². The van der Waals surface area contributed by atoms with Gasteiger partial charge in [0.2, 0.25) is 0 Å². The molecule has 4 heteroatoms. The van der Waals surface area contributed by atoms with Crippen LogP contribution in [0.25, 0.3) is 24.8 Å². The molecule has 0 amide bonds. The van der Waals surface area contributed by atoms with Gasteiger partial charge in [0.15, 0.2) is 0 Å². The topological polar surface area (TPSA) is 65.7 Å². The summed E-state index contributed by atoms with van der Waals surface area (Å²) in [5, 5.41) is 0.0648. The van der Waals surface area contributed by atoms with Crippen LogP contribution in [0.15, 0.2) is 64.2 Å². The lowest BCUT2D eigenvalue weighted by molar-refractivity contribution is 0.993. The molecule has 2 N–H and O–H groups in total. The molecule has 118 valence electrons. The van der Waals surface area contributed by atoms with Crippen LogP contribution < -0.4 is 21.8 Å². The summed E-state index contributed by atoms with van der Waals surface area (Å²) in [6, 6.07) is 17.6. The standard InChI is InChI=1S/C20H16N2O2/c1-14-21-19(23)18(20(24)22-14)13-17-11-9-16(10-12-17)8-7-15-5-3-2-4-6-15/h2-13H,1H2,(H,21,23)(H,22,24)/b8-7+. The van der Waals surface area contributed by atoms with Gasteiger partial charge in [0.1, 0.15) is 10.7 Å². The molecule has 0 unspecified atom stereocenters. The minimum atomic E-state index is -0.447. The van der Waals surface area contributed by atoms with Gasteiger partial charge in [-0.3, -0.25) is 9.59 Å². The number of nitrogens with one attached hydrogen (secondary N) is 2. The number of hydrogen-bond donors (Lipinski definition) is 2. The van der Waals surface area contributed by atoms with Crippen molar-refractivity contribution < 1.29 is 0 Å². The van der Waals surface area contributed by atoms with Crippen LogP contribution in [0, 0.1) is 0 Å². The number of aromatic nitrogens is 2. The maximum atomic E-state index is 11.8. The lowest BCUT2D eigenvalue weighted by Gasteiger charge is -1.97. The Kier molecular flexibility index (Phi) is 4.38. The van der Waals surface area contributed by atoms with Gasteiger partial charge in [0.05, 0.1) is 0 Å². The van der Waals surface area contributed by atoms with Crippen LogP contribution in [0.5, 0.6) is 0 Å². The van der Waals surface area contributed by atoms with Gasteiger partial charge in [-0.25, -0.2) is 0 Å². The quantitative estimate of drug-likeness (QED) is 0.719. The number of H-pyrrole nitrogens is 2. The van der Waals surface area contributed by atoms with Crippen LogP contribution in [0.4, 0.5) is 0 Å². The number of benzene rings is 2. The van der Waals surface area contributed by atoms with Crippen molar-refractivity contribution in [3.8, 4) is 0 Å². The molecule has 4 nitrogen and oxygen atoms in total. The zero-order chi connectivity index (χ0) is 16.9. The fourth-order valence-corrected chi connectivity index (χ4v) is 2.30. The van der Waals surface area contributed by atoms with Gasteiger partial charge in [0.25, 0.3) is 11.1 Å². The van der Waals surface area contributed by atoms with E-state index in [0.717, 1.165) is 16.7 Å². The third-order valence-electron chi connectivity index (χ3n) is 3.53. The number of aromatic amines is 2. The van der Waals surface area contributed by atoms with Gasteiger partial charge in [0, 0.05) is 0 Å². The van der Waals surface area contributed by atoms with Crippen molar-refractivity contribution in [3.63, 3.8) is 0 Å². The molecular formula is C20H16N2O2. The molecule has 0 aliphatic heterocycles. The predicted molar refractivity (Wildman–Crippen MR) is 97.8 cm³/mol. The van der Waals surface area contributed by atoms with E-state index >= 15 is 0 Å². The van der Waals surface area contributed by atoms with E-state index in [-0.39, 0.29) is 10.7 Å². The summed E-state index contributed by atoms with van der Waals surface area (Å²) in [4.78, 5) is 28.6. The molecule has 0 atom stereocenters. The molecule has 0 aliphatic carbocycles. The van der Waals surface area contributed by atoms with Crippen molar-refractivity contribution in [2.75, 3.05) is 0 Å². The summed E-state index contributed by atoms with van der Waals surface area (Å²) in [7, 11) is 0. The third-order valence-corrected chi connectivity index (χ3v) is 3.53. The average molecular weight is 316 g/mol. The van der Waals surface area contributed by atoms with E-state index in [9.17, 15) is 9.59 Å². The first-order valence-corrected chi connectivity index (χ1v) is 7.48. The fourth-order valence-electron chi connectivity index (χ4n) is 2.30. The highest BCUT2D eigenvalue weighted by Gasteiger charge is 1.97. The van der Waals surface area contributed by atoms with E-state index in [0.29, 0.717) is 0 Å². The summed E-state index contributed by atoms with van der Waals surface area (Å²) in [6.07, 6.45) is 5.60. The van der Waals surface area contributed by atoms with Crippen LogP contribution in [0.1, 0.15) is 16.7 Å². The Balaban J connectivity index is 1.90. The van der Waals surface area contributed by atoms with Crippen molar-refractivity contribution in [1.82, 2.24) is 9.97 Å². The molecule has 0 aliphatic rings. The Morgan fingerprint density at radius 2 is 1.21 bits per heavy atom. The second-order valence-corrected chi connectivity index (χ2v) is 5.36. The molecule has 1 aromatic heterocycles. The Hall–Kier alpha value is -3.40. The van der Waals surface area contributed by atoms with E-state index < -0.39 is 11.1 Å². The molecule has 3 rings (SSSR count). The molecule has 2 aromatic carbocycles. The van der Waals surface area contributed by atoms with Gasteiger partial charge >= 0.3 is 0 Å². The summed E-state index contributed by atoms with van der Waals surface area (Å²) < 4.78 is 0. The van der Waals surface area contributed by atoms with E-state index in [1.807, 2.05) is 66.7 Å². The highest BCUT2D eigenvalue weighted by atomic mass is 16.1. The molecule has 0 saturated heterocycles. The van der Waals surface area contributed by atoms with Gasteiger partial charge < -0.3 is 9.97 Å². The monoisotopic (exact) mass is 316 g/mol. The second kappa shape index (κ2) is 6.79. The fraction of sp³-hybridized carbons (Fsp3) is 0. The van der Waals surface area contributed by atoms with Gasteiger partial charge in [-0.2, -0.15) is 0 Å². The van der Waals surface area contributed by atoms with E-state index in [4.69, 9.17) is 0 Å². The maximum Gasteiger partial charge on any atom is 0.262 e. The zero-order valence-electron chi connectivity index (χ0n) is 13.0. The summed E-state index contributed by atoms with van der Waals surface area (Å²) in [5.74, 6) is 0. The Morgan fingerprint density at radius 1 is 0.708 bits per heavy atom. The Labute approximate surface area is 138 Å². The highest BCUT2D eigenvalue weighted by Crippen LogP contribution is 2.09. The van der Waals surface area contributed by atoms with Gasteiger partial charge in [-0.1, -0.05) is 73.3 Å². The van der Waals surface area contributed by atoms with E-state index in [1.165, 1.54) is 0 Å². The Bertz CT molecular complexity index is 1050. The van der Waals surface area contributed by atoms with Crippen molar-refractivity contribution >= 4 is 24.8 Å². The average Bonchev–Trinajstić information content (AvgIpc) is 2.58. The number of rotatable bonds is 3. The second-order valence-electron chi connectivity index (χ2n) is 5.36. The molecule has 0 spiro atoms. The van der Waals surface area contributed by atoms with Crippen molar-refractivity contribution in [1.29, 1.82) is 0 Å². The first-order valence-electron chi connectivity index (χ1n) is 7.48. The van der Waals surface area contributed by atoms with Gasteiger partial charge in [-0.05, 0) is 22.8 Å². The van der Waals surface area contributed by atoms with E-state index in [1.54, 1.807) is 6.08 Å². The third kappa shape index (κ3) is 3.67. The lowest BCUT2D eigenvalue weighted by atomic mass is 10.1. The molecule has 24 heavy (non-hydrogen) atoms. The van der Waals surface area contributed by atoms with Crippen LogP contribution in [0.2, 0.25) is 0 Å². The summed E-state index contributed by atoms with van der Waals surface area (Å²) >= 11 is 0. The van der Waals surface area contributed by atoms with Crippen LogP contribution >= 0.6 is 0 Å². The summed E-state index contributed by atoms with van der Waals surface area (Å²) in [6.45, 7) is 3.51. The number of hydrogen-bond acceptors (Lipinski definition) is 2. The smallest absolute Gasteiger partial charge is 0.262 e. The molecule has 0 saturated carbocycles. The van der Waals surface area contributed by atoms with Gasteiger partial charge in [-0.15, -0.1) is 0 Å². The van der Waals surface area contributed by atoms with Crippen LogP contribution in [-0.2, 0) is 0 Å². The largest absolute Gasteiger partial charge is 0.308 e. The van der Waals surface area contributed by atoms with Crippen molar-refractivity contribution in [2.24, 2.45) is 0 Å². The van der Waals surface area contributed by atoms with Crippen LogP contribution in [-0.4, -0.2) is 9.97 Å². The summed E-state index contributed by atoms with van der Waals surface area (Å²) in [5.41, 5.74) is 2.24. The van der Waals surface area contributed by atoms with Crippen LogP contribution in [0.3, 0.4) is 0 Å². The molecule has 0 fully saturated rings. The molecule has 0 bridgehead atoms. The van der Waals surface area contributed by atoms with Crippen molar-refractivity contribution in [3.05, 3.63) is 103 Å². The SMILES string of the molecule is C=c1[nH]c(=O)c(=Cc2ccc(/C=C/c3ccccc3)cc2)c(=O)[nH]1. The molecular weight excluding hydrogens is 300 g/mol. The molecule has 3 aromatic rings. The minimum Gasteiger partial charge on any atom is -0.308 e. The van der Waals surface area contributed by atoms with E-state index in [2.05, 4.69) is 16.5 Å². The Morgan fingerprint density at radius 3 is 1.79 bits per heavy atom. The predicted octanol–water partition coefficient (Wildman–Crippen LogP) is 1.47. The minimum absolute atomic E-state index is 0.0648. The first kappa shape index (κ1) is 15.5. The lowest BCUT2D eigenvalue weighted by Crippen LogP contribution is -2.47. The zero-order valence-corrected chi connectivity index (χ0v) is 13.0. The molecule has 0 radical (unpaired) electrons. The normalized spacial score (nSPS) is 10.8. The first-order chi connectivity index (χ1) is 11.6. The molecule has 1 heterocycles. The highest BCUT2D eigenvalue weighted by molar-refractivity contribution is 5.70. The maximum absolute atomic E-state index is 11.8.